The topological polar surface area (TPSA) is 32.8 Å². The largest absolute Gasteiger partial charge is 0.375 e. The second-order valence-electron chi connectivity index (χ2n) is 8.65. The summed E-state index contributed by atoms with van der Waals surface area (Å²) >= 11 is 9.83. The molecule has 0 aromatic heterocycles. The van der Waals surface area contributed by atoms with Crippen LogP contribution < -0.4 is 0 Å². The lowest BCUT2D eigenvalue weighted by molar-refractivity contribution is -0.137. The summed E-state index contributed by atoms with van der Waals surface area (Å²) in [6, 6.07) is 6.10. The van der Waals surface area contributed by atoms with Crippen LogP contribution in [0, 0.1) is 11.8 Å². The Morgan fingerprint density at radius 3 is 2.76 bits per heavy atom. The number of nitrogens with zero attached hydrogens (tertiary/aromatic N) is 2. The van der Waals surface area contributed by atoms with Crippen LogP contribution in [0.5, 0.6) is 0 Å². The summed E-state index contributed by atoms with van der Waals surface area (Å²) < 4.78 is 6.18. The van der Waals surface area contributed by atoms with Crippen LogP contribution in [0.3, 0.4) is 0 Å². The maximum Gasteiger partial charge on any atom is 0.248 e. The van der Waals surface area contributed by atoms with Gasteiger partial charge >= 0.3 is 0 Å². The Hall–Kier alpha value is -0.620. The highest BCUT2D eigenvalue weighted by Crippen LogP contribution is 2.28. The van der Waals surface area contributed by atoms with Crippen molar-refractivity contribution in [1.29, 1.82) is 0 Å². The lowest BCUT2D eigenvalue weighted by Crippen LogP contribution is -2.42. The number of carbonyl (C=O) groups is 1. The van der Waals surface area contributed by atoms with Crippen LogP contribution in [0.25, 0.3) is 0 Å². The van der Waals surface area contributed by atoms with Gasteiger partial charge in [-0.2, -0.15) is 0 Å². The highest BCUT2D eigenvalue weighted by atomic mass is 79.9. The molecule has 1 aromatic carbocycles. The molecule has 0 bridgehead atoms. The molecule has 0 radical (unpaired) electrons. The van der Waals surface area contributed by atoms with Crippen molar-refractivity contribution in [3.8, 4) is 0 Å². The monoisotopic (exact) mass is 484 g/mol. The van der Waals surface area contributed by atoms with Gasteiger partial charge in [-0.15, -0.1) is 0 Å². The predicted octanol–water partition coefficient (Wildman–Crippen LogP) is 5.02. The van der Waals surface area contributed by atoms with Gasteiger partial charge in [0, 0.05) is 29.7 Å². The first-order valence-corrected chi connectivity index (χ1v) is 12.1. The third kappa shape index (κ3) is 7.23. The van der Waals surface area contributed by atoms with Gasteiger partial charge in [0.05, 0.1) is 0 Å². The number of methoxy groups -OCH3 is 1. The zero-order valence-electron chi connectivity index (χ0n) is 17.5. The van der Waals surface area contributed by atoms with E-state index in [4.69, 9.17) is 16.3 Å². The number of ether oxygens (including phenoxy) is 1. The minimum Gasteiger partial charge on any atom is -0.375 e. The van der Waals surface area contributed by atoms with Gasteiger partial charge in [0.25, 0.3) is 0 Å². The van der Waals surface area contributed by atoms with E-state index in [0.717, 1.165) is 36.9 Å². The average Bonchev–Trinajstić information content (AvgIpc) is 2.72. The fraction of sp³-hybridized carbons (Fsp3) is 0.696. The molecule has 2 aliphatic heterocycles. The molecule has 2 heterocycles. The third-order valence-electron chi connectivity index (χ3n) is 6.45. The Labute approximate surface area is 189 Å². The van der Waals surface area contributed by atoms with Crippen LogP contribution in [0.4, 0.5) is 0 Å². The molecule has 0 saturated carbocycles. The molecular weight excluding hydrogens is 452 g/mol. The molecule has 2 aliphatic rings. The van der Waals surface area contributed by atoms with Crippen LogP contribution in [0.1, 0.15) is 44.1 Å². The van der Waals surface area contributed by atoms with E-state index in [1.807, 2.05) is 11.0 Å². The maximum absolute atomic E-state index is 12.0. The quantitative estimate of drug-likeness (QED) is 0.518. The Balaban J connectivity index is 1.34. The Kier molecular flexibility index (Phi) is 9.29. The molecule has 162 valence electrons. The normalized spacial score (nSPS) is 21.5. The van der Waals surface area contributed by atoms with Crippen molar-refractivity contribution in [1.82, 2.24) is 9.80 Å². The SMILES string of the molecule is COCC(=O)N1CCCC(CCCN2CCC(Cc3cc(Cl)ccc3Br)CC2)C1. The Morgan fingerprint density at radius 2 is 2.00 bits per heavy atom. The third-order valence-corrected chi connectivity index (χ3v) is 7.46. The van der Waals surface area contributed by atoms with Gasteiger partial charge in [-0.1, -0.05) is 27.5 Å². The van der Waals surface area contributed by atoms with Crippen molar-refractivity contribution in [3.63, 3.8) is 0 Å². The molecule has 1 unspecified atom stereocenters. The molecule has 4 nitrogen and oxygen atoms in total. The van der Waals surface area contributed by atoms with E-state index in [1.54, 1.807) is 7.11 Å². The van der Waals surface area contributed by atoms with Crippen molar-refractivity contribution in [2.75, 3.05) is 46.4 Å². The highest BCUT2D eigenvalue weighted by molar-refractivity contribution is 9.10. The van der Waals surface area contributed by atoms with Gasteiger partial charge in [-0.25, -0.2) is 0 Å². The summed E-state index contributed by atoms with van der Waals surface area (Å²) in [5.41, 5.74) is 1.33. The van der Waals surface area contributed by atoms with E-state index in [2.05, 4.69) is 33.0 Å². The van der Waals surface area contributed by atoms with Crippen LogP contribution in [0.15, 0.2) is 22.7 Å². The number of hydrogen-bond acceptors (Lipinski definition) is 3. The van der Waals surface area contributed by atoms with Crippen LogP contribution in [-0.2, 0) is 16.0 Å². The second kappa shape index (κ2) is 11.7. The molecule has 1 aromatic rings. The molecule has 2 saturated heterocycles. The number of halogens is 2. The fourth-order valence-electron chi connectivity index (χ4n) is 4.77. The summed E-state index contributed by atoms with van der Waals surface area (Å²) in [5, 5.41) is 0.825. The minimum absolute atomic E-state index is 0.144. The summed E-state index contributed by atoms with van der Waals surface area (Å²) in [5.74, 6) is 1.55. The van der Waals surface area contributed by atoms with Gasteiger partial charge < -0.3 is 14.5 Å². The van der Waals surface area contributed by atoms with Gasteiger partial charge in [-0.3, -0.25) is 4.79 Å². The Morgan fingerprint density at radius 1 is 1.21 bits per heavy atom. The molecule has 2 fully saturated rings. The molecule has 0 aliphatic carbocycles. The van der Waals surface area contributed by atoms with Crippen molar-refractivity contribution >= 4 is 33.4 Å². The van der Waals surface area contributed by atoms with E-state index in [1.165, 1.54) is 61.8 Å². The number of carbonyl (C=O) groups excluding carboxylic acids is 1. The number of benzene rings is 1. The summed E-state index contributed by atoms with van der Waals surface area (Å²) in [6.07, 6.45) is 8.50. The molecular formula is C23H34BrClN2O2. The smallest absolute Gasteiger partial charge is 0.248 e. The maximum atomic E-state index is 12.0. The van der Waals surface area contributed by atoms with Gasteiger partial charge in [0.2, 0.25) is 5.91 Å². The molecule has 0 spiro atoms. The first-order valence-electron chi connectivity index (χ1n) is 11.0. The van der Waals surface area contributed by atoms with Crippen molar-refractivity contribution < 1.29 is 9.53 Å². The molecule has 29 heavy (non-hydrogen) atoms. The molecule has 1 amide bonds. The lowest BCUT2D eigenvalue weighted by Gasteiger charge is -2.34. The molecule has 3 rings (SSSR count). The van der Waals surface area contributed by atoms with Crippen molar-refractivity contribution in [2.24, 2.45) is 11.8 Å². The molecule has 1 atom stereocenters. The standard InChI is InChI=1S/C23H34BrClN2O2/c1-29-17-23(28)27-11-3-5-19(16-27)4-2-10-26-12-8-18(9-13-26)14-20-15-21(25)6-7-22(20)24/h6-7,15,18-19H,2-5,8-14,16-17H2,1H3. The highest BCUT2D eigenvalue weighted by Gasteiger charge is 2.24. The van der Waals surface area contributed by atoms with Crippen LogP contribution >= 0.6 is 27.5 Å². The number of rotatable bonds is 8. The number of piperidine rings is 2. The summed E-state index contributed by atoms with van der Waals surface area (Å²) in [4.78, 5) is 16.7. The van der Waals surface area contributed by atoms with E-state index in [-0.39, 0.29) is 12.5 Å². The van der Waals surface area contributed by atoms with Crippen LogP contribution in [-0.4, -0.2) is 62.1 Å². The van der Waals surface area contributed by atoms with Crippen molar-refractivity contribution in [2.45, 2.75) is 44.9 Å². The molecule has 0 N–H and O–H groups in total. The predicted molar refractivity (Wildman–Crippen MR) is 122 cm³/mol. The van der Waals surface area contributed by atoms with E-state index in [9.17, 15) is 4.79 Å². The Bertz CT molecular complexity index is 664. The zero-order chi connectivity index (χ0) is 20.6. The lowest BCUT2D eigenvalue weighted by atomic mass is 9.89. The van der Waals surface area contributed by atoms with Gasteiger partial charge in [0.15, 0.2) is 0 Å². The number of likely N-dealkylation sites (tertiary alicyclic amines) is 2. The van der Waals surface area contributed by atoms with Crippen molar-refractivity contribution in [3.05, 3.63) is 33.3 Å². The van der Waals surface area contributed by atoms with E-state index in [0.29, 0.717) is 5.92 Å². The van der Waals surface area contributed by atoms with Gasteiger partial charge in [-0.05, 0) is 100 Å². The van der Waals surface area contributed by atoms with Crippen LogP contribution in [0.2, 0.25) is 5.02 Å². The number of hydrogen-bond donors (Lipinski definition) is 0. The first kappa shape index (κ1) is 23.1. The number of amides is 1. The van der Waals surface area contributed by atoms with Gasteiger partial charge in [0.1, 0.15) is 6.61 Å². The molecule has 6 heteroatoms. The summed E-state index contributed by atoms with van der Waals surface area (Å²) in [7, 11) is 1.59. The van der Waals surface area contributed by atoms with E-state index >= 15 is 0 Å². The summed E-state index contributed by atoms with van der Waals surface area (Å²) in [6.45, 7) is 5.62. The first-order chi connectivity index (χ1) is 14.0. The average molecular weight is 486 g/mol. The zero-order valence-corrected chi connectivity index (χ0v) is 19.9. The van der Waals surface area contributed by atoms with E-state index < -0.39 is 0 Å². The fourth-order valence-corrected chi connectivity index (χ4v) is 5.37. The minimum atomic E-state index is 0.144. The second-order valence-corrected chi connectivity index (χ2v) is 9.94.